The Labute approximate surface area is 178 Å². The number of amides is 1. The van der Waals surface area contributed by atoms with E-state index in [-0.39, 0.29) is 6.04 Å². The molecule has 2 aliphatic rings. The Morgan fingerprint density at radius 1 is 1.30 bits per heavy atom. The quantitative estimate of drug-likeness (QED) is 0.553. The molecule has 0 spiro atoms. The van der Waals surface area contributed by atoms with Gasteiger partial charge >= 0.3 is 6.09 Å². The Kier molecular flexibility index (Phi) is 5.76. The zero-order valence-corrected chi connectivity index (χ0v) is 19.5. The molecule has 1 saturated heterocycles. The number of likely N-dealkylation sites (tertiary alicyclic amines) is 1. The number of nitrogens with zero attached hydrogens (tertiary/aromatic N) is 5. The third-order valence-electron chi connectivity index (χ3n) is 6.27. The Hall–Kier alpha value is -2.13. The summed E-state index contributed by atoms with van der Waals surface area (Å²) in [4.78, 5) is 24.6. The minimum Gasteiger partial charge on any atom is -0.465 e. The molecule has 2 aromatic heterocycles. The van der Waals surface area contributed by atoms with Crippen LogP contribution in [0, 0.1) is 0 Å². The summed E-state index contributed by atoms with van der Waals surface area (Å²) in [5.74, 6) is 1.26. The second-order valence-corrected chi connectivity index (χ2v) is 15.5. The molecule has 2 aromatic rings. The van der Waals surface area contributed by atoms with E-state index in [1.54, 1.807) is 6.33 Å². The largest absolute Gasteiger partial charge is 0.465 e. The lowest BCUT2D eigenvalue weighted by atomic mass is 9.94. The fourth-order valence-electron chi connectivity index (χ4n) is 4.55. The van der Waals surface area contributed by atoms with E-state index in [0.717, 1.165) is 48.9 Å². The Morgan fingerprint density at radius 2 is 2.10 bits per heavy atom. The van der Waals surface area contributed by atoms with E-state index in [2.05, 4.69) is 52.2 Å². The molecule has 1 N–H and O–H groups in total. The molecule has 2 unspecified atom stereocenters. The summed E-state index contributed by atoms with van der Waals surface area (Å²) in [5.41, 5.74) is 2.17. The van der Waals surface area contributed by atoms with E-state index >= 15 is 0 Å². The normalized spacial score (nSPS) is 22.0. The van der Waals surface area contributed by atoms with Crippen molar-refractivity contribution in [2.75, 3.05) is 31.1 Å². The van der Waals surface area contributed by atoms with Gasteiger partial charge in [-0.25, -0.2) is 14.8 Å². The van der Waals surface area contributed by atoms with Crippen LogP contribution in [0.3, 0.4) is 0 Å². The van der Waals surface area contributed by atoms with Gasteiger partial charge in [0.2, 0.25) is 0 Å². The molecule has 0 aromatic carbocycles. The molecular weight excluding hydrogens is 398 g/mol. The van der Waals surface area contributed by atoms with Crippen LogP contribution in [-0.2, 0) is 11.5 Å². The van der Waals surface area contributed by atoms with E-state index in [9.17, 15) is 9.90 Å². The molecule has 164 valence electrons. The van der Waals surface area contributed by atoms with Crippen molar-refractivity contribution in [2.45, 2.75) is 64.1 Å². The number of carboxylic acid groups (broad SMARTS) is 1. The minimum absolute atomic E-state index is 0.153. The first-order valence-corrected chi connectivity index (χ1v) is 14.6. The molecule has 8 nitrogen and oxygen atoms in total. The Balaban J connectivity index is 1.59. The van der Waals surface area contributed by atoms with Crippen LogP contribution in [0.15, 0.2) is 12.5 Å². The number of carbonyl (C=O) groups is 1. The second kappa shape index (κ2) is 8.18. The molecule has 1 fully saturated rings. The summed E-state index contributed by atoms with van der Waals surface area (Å²) in [7, 11) is -1.12. The lowest BCUT2D eigenvalue weighted by molar-refractivity contribution is 0.0898. The number of aromatic nitrogens is 3. The van der Waals surface area contributed by atoms with E-state index in [0.29, 0.717) is 25.7 Å². The summed E-state index contributed by atoms with van der Waals surface area (Å²) in [5, 5.41) is 10.5. The highest BCUT2D eigenvalue weighted by atomic mass is 28.3. The van der Waals surface area contributed by atoms with Gasteiger partial charge in [-0.3, -0.25) is 0 Å². The van der Waals surface area contributed by atoms with Crippen molar-refractivity contribution < 1.29 is 14.6 Å². The number of piperidine rings is 1. The molecule has 4 rings (SSSR count). The van der Waals surface area contributed by atoms with E-state index < -0.39 is 14.2 Å². The molecule has 2 aliphatic heterocycles. The molecule has 9 heteroatoms. The molecule has 0 saturated carbocycles. The van der Waals surface area contributed by atoms with E-state index in [4.69, 9.17) is 4.74 Å². The maximum Gasteiger partial charge on any atom is 0.407 e. The maximum atomic E-state index is 11.5. The SMILES string of the molecule is CC1CN(C2CCCN(C(=O)O)C2)c2ncnc3c2c1cn3COCC[Si](C)(C)C. The molecule has 0 radical (unpaired) electrons. The van der Waals surface area contributed by atoms with Crippen molar-refractivity contribution >= 4 is 31.0 Å². The average molecular weight is 432 g/mol. The monoisotopic (exact) mass is 431 g/mol. The number of hydrogen-bond donors (Lipinski definition) is 1. The standard InChI is InChI=1S/C21H33N5O3Si/c1-15-10-26(16-6-5-7-24(11-16)21(27)28)20-18-17(15)12-25(19(18)22-13-23-20)14-29-8-9-30(2,3)4/h12-13,15-16H,5-11,14H2,1-4H3,(H,27,28). The smallest absolute Gasteiger partial charge is 0.407 e. The van der Waals surface area contributed by atoms with Gasteiger partial charge in [0.15, 0.2) is 0 Å². The first-order valence-electron chi connectivity index (χ1n) is 10.9. The van der Waals surface area contributed by atoms with E-state index in [1.807, 2.05) is 0 Å². The van der Waals surface area contributed by atoms with Gasteiger partial charge in [-0.1, -0.05) is 26.6 Å². The van der Waals surface area contributed by atoms with Crippen LogP contribution in [0.25, 0.3) is 11.0 Å². The van der Waals surface area contributed by atoms with E-state index in [1.165, 1.54) is 10.5 Å². The summed E-state index contributed by atoms with van der Waals surface area (Å²) in [6, 6.07) is 1.30. The summed E-state index contributed by atoms with van der Waals surface area (Å²) in [6.45, 7) is 12.6. The fourth-order valence-corrected chi connectivity index (χ4v) is 5.31. The van der Waals surface area contributed by atoms with Gasteiger partial charge in [0, 0.05) is 52.5 Å². The van der Waals surface area contributed by atoms with Crippen LogP contribution in [0.4, 0.5) is 10.6 Å². The van der Waals surface area contributed by atoms with Gasteiger partial charge in [0.1, 0.15) is 24.5 Å². The lowest BCUT2D eigenvalue weighted by Crippen LogP contribution is -2.51. The molecule has 1 amide bonds. The molecule has 0 bridgehead atoms. The molecule has 2 atom stereocenters. The van der Waals surface area contributed by atoms with Gasteiger partial charge in [-0.05, 0) is 24.4 Å². The predicted octanol–water partition coefficient (Wildman–Crippen LogP) is 3.81. The average Bonchev–Trinajstić information content (AvgIpc) is 3.08. The summed E-state index contributed by atoms with van der Waals surface area (Å²) in [6.07, 6.45) is 4.83. The number of hydrogen-bond acceptors (Lipinski definition) is 5. The first kappa shape index (κ1) is 21.1. The van der Waals surface area contributed by atoms with Crippen molar-refractivity contribution in [3.63, 3.8) is 0 Å². The van der Waals surface area contributed by atoms with Crippen LogP contribution in [0.2, 0.25) is 25.7 Å². The van der Waals surface area contributed by atoms with Crippen molar-refractivity contribution in [1.82, 2.24) is 19.4 Å². The number of rotatable bonds is 6. The van der Waals surface area contributed by atoms with Gasteiger partial charge in [0.05, 0.1) is 5.39 Å². The summed E-state index contributed by atoms with van der Waals surface area (Å²) >= 11 is 0. The topological polar surface area (TPSA) is 83.7 Å². The molecule has 0 aliphatic carbocycles. The van der Waals surface area contributed by atoms with Crippen molar-refractivity contribution in [2.24, 2.45) is 0 Å². The highest BCUT2D eigenvalue weighted by molar-refractivity contribution is 6.76. The zero-order chi connectivity index (χ0) is 21.5. The maximum absolute atomic E-state index is 11.5. The van der Waals surface area contributed by atoms with Crippen LogP contribution in [0.5, 0.6) is 0 Å². The molecular formula is C21H33N5O3Si. The number of anilines is 1. The van der Waals surface area contributed by atoms with Gasteiger partial charge in [0.25, 0.3) is 0 Å². The fraction of sp³-hybridized carbons (Fsp3) is 0.667. The molecule has 4 heterocycles. The highest BCUT2D eigenvalue weighted by Crippen LogP contribution is 2.40. The third-order valence-corrected chi connectivity index (χ3v) is 7.98. The van der Waals surface area contributed by atoms with Crippen LogP contribution < -0.4 is 4.90 Å². The molecule has 30 heavy (non-hydrogen) atoms. The van der Waals surface area contributed by atoms with Gasteiger partial charge < -0.3 is 24.2 Å². The van der Waals surface area contributed by atoms with Gasteiger partial charge in [-0.15, -0.1) is 0 Å². The minimum atomic E-state index is -1.12. The van der Waals surface area contributed by atoms with Crippen LogP contribution in [0.1, 0.15) is 31.2 Å². The highest BCUT2D eigenvalue weighted by Gasteiger charge is 2.35. The first-order chi connectivity index (χ1) is 14.2. The van der Waals surface area contributed by atoms with Crippen LogP contribution >= 0.6 is 0 Å². The van der Waals surface area contributed by atoms with Crippen molar-refractivity contribution in [1.29, 1.82) is 0 Å². The Morgan fingerprint density at radius 3 is 2.83 bits per heavy atom. The lowest BCUT2D eigenvalue weighted by Gasteiger charge is -2.42. The van der Waals surface area contributed by atoms with Crippen molar-refractivity contribution in [3.05, 3.63) is 18.1 Å². The van der Waals surface area contributed by atoms with Crippen LogP contribution in [-0.4, -0.2) is 71.0 Å². The van der Waals surface area contributed by atoms with Gasteiger partial charge in [-0.2, -0.15) is 0 Å². The Bertz CT molecular complexity index is 925. The summed E-state index contributed by atoms with van der Waals surface area (Å²) < 4.78 is 8.09. The predicted molar refractivity (Wildman–Crippen MR) is 120 cm³/mol. The number of ether oxygens (including phenoxy) is 1. The second-order valence-electron chi connectivity index (χ2n) is 9.88. The van der Waals surface area contributed by atoms with Crippen molar-refractivity contribution in [3.8, 4) is 0 Å². The zero-order valence-electron chi connectivity index (χ0n) is 18.5. The third kappa shape index (κ3) is 4.18.